The Morgan fingerprint density at radius 1 is 0.535 bits per heavy atom. The van der Waals surface area contributed by atoms with Crippen molar-refractivity contribution in [1.29, 1.82) is 0 Å². The van der Waals surface area contributed by atoms with Gasteiger partial charge in [-0.15, -0.1) is 0 Å². The molecule has 0 spiro atoms. The molecule has 0 unspecified atom stereocenters. The molecule has 220 valence electrons. The van der Waals surface area contributed by atoms with Crippen molar-refractivity contribution in [2.45, 2.75) is 24.2 Å². The van der Waals surface area contributed by atoms with Crippen LogP contribution in [0.1, 0.15) is 55.5 Å². The SMILES string of the molecule is O=C1c2c(O)cc(O)c([C@H]3C(=O)c4c(O)cc(O)cc4O[C@@H]3c3ccc(O)c(O)c3)c2O[C@H](c2ccc(O)c(O)c2)[C@@H]1O. The average molecular weight is 590 g/mol. The van der Waals surface area contributed by atoms with Crippen LogP contribution in [0, 0.1) is 0 Å². The van der Waals surface area contributed by atoms with Gasteiger partial charge in [-0.1, -0.05) is 12.1 Å². The van der Waals surface area contributed by atoms with Gasteiger partial charge >= 0.3 is 0 Å². The fourth-order valence-corrected chi connectivity index (χ4v) is 5.44. The predicted molar refractivity (Wildman–Crippen MR) is 143 cm³/mol. The molecule has 13 heteroatoms. The molecule has 0 bridgehead atoms. The number of phenols is 8. The van der Waals surface area contributed by atoms with Crippen molar-refractivity contribution in [2.75, 3.05) is 0 Å². The molecule has 4 aromatic carbocycles. The minimum atomic E-state index is -1.93. The zero-order valence-corrected chi connectivity index (χ0v) is 21.7. The van der Waals surface area contributed by atoms with Gasteiger partial charge in [0.25, 0.3) is 0 Å². The van der Waals surface area contributed by atoms with E-state index >= 15 is 0 Å². The van der Waals surface area contributed by atoms with Crippen molar-refractivity contribution in [2.24, 2.45) is 0 Å². The molecular weight excluding hydrogens is 568 g/mol. The van der Waals surface area contributed by atoms with E-state index in [0.717, 1.165) is 42.5 Å². The minimum absolute atomic E-state index is 0.0141. The molecule has 0 saturated heterocycles. The van der Waals surface area contributed by atoms with Crippen molar-refractivity contribution in [1.82, 2.24) is 0 Å². The van der Waals surface area contributed by atoms with Gasteiger partial charge in [-0.3, -0.25) is 9.59 Å². The van der Waals surface area contributed by atoms with Crippen LogP contribution in [0.4, 0.5) is 0 Å². The highest BCUT2D eigenvalue weighted by atomic mass is 16.5. The number of Topliss-reactive ketones (excluding diaryl/α,β-unsaturated/α-hetero) is 2. The number of phenolic OH excluding ortho intramolecular Hbond substituents is 8. The molecule has 4 aromatic rings. The summed E-state index contributed by atoms with van der Waals surface area (Å²) < 4.78 is 12.0. The number of ether oxygens (including phenoxy) is 2. The standard InChI is InChI=1S/C30H22O13/c31-12-7-17(36)21-20(8-12)42-28(10-1-3-13(32)15(34)5-10)24(25(21)39)22-18(37)9-19(38)23-26(40)27(41)29(43-30(22)23)11-2-4-14(33)16(35)6-11/h1-9,24,27-29,31-38,41H/t24-,27+,28+,29+/m0/s1. The third-order valence-corrected chi connectivity index (χ3v) is 7.44. The Labute approximate surface area is 240 Å². The number of carbonyl (C=O) groups is 2. The quantitative estimate of drug-likeness (QED) is 0.156. The maximum absolute atomic E-state index is 14.1. The summed E-state index contributed by atoms with van der Waals surface area (Å²) in [5.74, 6) is -9.20. The van der Waals surface area contributed by atoms with Gasteiger partial charge in [0.1, 0.15) is 51.7 Å². The Morgan fingerprint density at radius 3 is 1.72 bits per heavy atom. The Bertz CT molecular complexity index is 1850. The molecule has 9 N–H and O–H groups in total. The van der Waals surface area contributed by atoms with E-state index in [1.54, 1.807) is 0 Å². The van der Waals surface area contributed by atoms with Crippen LogP contribution in [0.25, 0.3) is 0 Å². The Morgan fingerprint density at radius 2 is 1.12 bits per heavy atom. The van der Waals surface area contributed by atoms with E-state index in [1.165, 1.54) is 12.1 Å². The van der Waals surface area contributed by atoms with Gasteiger partial charge in [-0.2, -0.15) is 0 Å². The third kappa shape index (κ3) is 4.21. The molecule has 2 heterocycles. The number of hydrogen-bond donors (Lipinski definition) is 9. The van der Waals surface area contributed by atoms with E-state index in [1.807, 2.05) is 0 Å². The molecule has 0 amide bonds. The van der Waals surface area contributed by atoms with Crippen molar-refractivity contribution in [3.05, 3.63) is 82.4 Å². The fourth-order valence-electron chi connectivity index (χ4n) is 5.44. The van der Waals surface area contributed by atoms with Crippen LogP contribution < -0.4 is 9.47 Å². The molecule has 2 aliphatic rings. The van der Waals surface area contributed by atoms with Crippen LogP contribution in [0.5, 0.6) is 57.5 Å². The first-order valence-electron chi connectivity index (χ1n) is 12.7. The molecule has 0 aliphatic carbocycles. The lowest BCUT2D eigenvalue weighted by Crippen LogP contribution is -2.38. The van der Waals surface area contributed by atoms with Gasteiger partial charge in [0, 0.05) is 18.2 Å². The number of aromatic hydroxyl groups is 8. The number of ketones is 2. The maximum atomic E-state index is 14.1. The molecule has 0 saturated carbocycles. The van der Waals surface area contributed by atoms with Crippen LogP contribution in [0.3, 0.4) is 0 Å². The van der Waals surface area contributed by atoms with Gasteiger partial charge in [-0.25, -0.2) is 0 Å². The van der Waals surface area contributed by atoms with Crippen LogP contribution in [-0.4, -0.2) is 63.6 Å². The minimum Gasteiger partial charge on any atom is -0.508 e. The molecule has 0 aromatic heterocycles. The zero-order valence-electron chi connectivity index (χ0n) is 21.7. The van der Waals surface area contributed by atoms with Crippen LogP contribution in [-0.2, 0) is 0 Å². The van der Waals surface area contributed by atoms with Crippen LogP contribution in [0.15, 0.2) is 54.6 Å². The van der Waals surface area contributed by atoms with Crippen LogP contribution >= 0.6 is 0 Å². The summed E-state index contributed by atoms with van der Waals surface area (Å²) in [4.78, 5) is 27.5. The van der Waals surface area contributed by atoms with E-state index in [2.05, 4.69) is 0 Å². The summed E-state index contributed by atoms with van der Waals surface area (Å²) >= 11 is 0. The summed E-state index contributed by atoms with van der Waals surface area (Å²) in [5.41, 5.74) is -1.29. The second-order valence-corrected chi connectivity index (χ2v) is 10.1. The van der Waals surface area contributed by atoms with Crippen molar-refractivity contribution >= 4 is 11.6 Å². The Hall–Kier alpha value is -5.82. The van der Waals surface area contributed by atoms with E-state index in [4.69, 9.17) is 9.47 Å². The normalized spacial score (nSPS) is 21.0. The van der Waals surface area contributed by atoms with E-state index in [9.17, 15) is 55.5 Å². The van der Waals surface area contributed by atoms with Crippen molar-refractivity contribution in [3.8, 4) is 57.5 Å². The second-order valence-electron chi connectivity index (χ2n) is 10.1. The first kappa shape index (κ1) is 27.4. The lowest BCUT2D eigenvalue weighted by Gasteiger charge is -2.37. The molecule has 6 rings (SSSR count). The van der Waals surface area contributed by atoms with Crippen molar-refractivity contribution in [3.63, 3.8) is 0 Å². The highest BCUT2D eigenvalue weighted by Gasteiger charge is 2.48. The number of rotatable bonds is 3. The van der Waals surface area contributed by atoms with Crippen LogP contribution in [0.2, 0.25) is 0 Å². The average Bonchev–Trinajstić information content (AvgIpc) is 2.93. The van der Waals surface area contributed by atoms with Gasteiger partial charge < -0.3 is 55.4 Å². The monoisotopic (exact) mass is 590 g/mol. The molecule has 0 radical (unpaired) electrons. The number of aliphatic hydroxyl groups is 1. The molecule has 2 aliphatic heterocycles. The molecule has 13 nitrogen and oxygen atoms in total. The second kappa shape index (κ2) is 9.63. The van der Waals surface area contributed by atoms with Gasteiger partial charge in [0.05, 0.1) is 11.5 Å². The smallest absolute Gasteiger partial charge is 0.202 e. The summed E-state index contributed by atoms with van der Waals surface area (Å²) in [6.45, 7) is 0. The fraction of sp³-hybridized carbons (Fsp3) is 0.133. The van der Waals surface area contributed by atoms with Gasteiger partial charge in [0.15, 0.2) is 41.0 Å². The van der Waals surface area contributed by atoms with Gasteiger partial charge in [0.2, 0.25) is 5.78 Å². The number of carbonyl (C=O) groups excluding carboxylic acids is 2. The van der Waals surface area contributed by atoms with Gasteiger partial charge in [-0.05, 0) is 35.4 Å². The summed E-state index contributed by atoms with van der Waals surface area (Å²) in [5, 5.41) is 93.0. The first-order valence-corrected chi connectivity index (χ1v) is 12.7. The van der Waals surface area contributed by atoms with E-state index < -0.39 is 104 Å². The molecule has 4 atom stereocenters. The zero-order chi connectivity index (χ0) is 30.9. The third-order valence-electron chi connectivity index (χ3n) is 7.44. The maximum Gasteiger partial charge on any atom is 0.202 e. The predicted octanol–water partition coefficient (Wildman–Crippen LogP) is 3.11. The van der Waals surface area contributed by atoms with Crippen molar-refractivity contribution < 1.29 is 65.0 Å². The lowest BCUT2D eigenvalue weighted by molar-refractivity contribution is 0.0196. The highest BCUT2D eigenvalue weighted by molar-refractivity contribution is 6.10. The van der Waals surface area contributed by atoms with E-state index in [0.29, 0.717) is 0 Å². The highest BCUT2D eigenvalue weighted by Crippen LogP contribution is 2.55. The number of benzene rings is 4. The lowest BCUT2D eigenvalue weighted by atomic mass is 9.78. The molecule has 0 fully saturated rings. The summed E-state index contributed by atoms with van der Waals surface area (Å²) in [6, 6.07) is 9.57. The number of aliphatic hydroxyl groups excluding tert-OH is 1. The largest absolute Gasteiger partial charge is 0.508 e. The summed E-state index contributed by atoms with van der Waals surface area (Å²) in [6.07, 6.45) is -4.94. The summed E-state index contributed by atoms with van der Waals surface area (Å²) in [7, 11) is 0. The first-order chi connectivity index (χ1) is 20.4. The number of fused-ring (bicyclic) bond motifs is 2. The van der Waals surface area contributed by atoms with E-state index in [-0.39, 0.29) is 16.9 Å². The Balaban J connectivity index is 1.60. The molecule has 43 heavy (non-hydrogen) atoms. The Kier molecular flexibility index (Phi) is 6.13. The molecular formula is C30H22O13. The number of hydrogen-bond acceptors (Lipinski definition) is 13. The topological polar surface area (TPSA) is 235 Å².